The summed E-state index contributed by atoms with van der Waals surface area (Å²) in [4.78, 5) is 40.3. The predicted octanol–water partition coefficient (Wildman–Crippen LogP) is 0.747. The van der Waals surface area contributed by atoms with Gasteiger partial charge in [0.2, 0.25) is 0 Å². The molecule has 0 spiro atoms. The van der Waals surface area contributed by atoms with Gasteiger partial charge in [0.05, 0.1) is 5.69 Å². The number of amides is 1. The molecule has 0 aliphatic heterocycles. The molecule has 1 heterocycles. The average molecular weight is 431 g/mol. The second-order valence-corrected chi connectivity index (χ2v) is 7.38. The molecule has 30 heavy (non-hydrogen) atoms. The van der Waals surface area contributed by atoms with Gasteiger partial charge in [-0.05, 0) is 36.8 Å². The fourth-order valence-electron chi connectivity index (χ4n) is 2.60. The largest absolute Gasteiger partial charge is 0.379 e. The molecule has 0 atom stereocenters. The van der Waals surface area contributed by atoms with Crippen molar-refractivity contribution in [3.63, 3.8) is 0 Å². The highest BCUT2D eigenvalue weighted by atomic mass is 32.2. The van der Waals surface area contributed by atoms with Crippen LogP contribution in [0.5, 0.6) is 0 Å². The Morgan fingerprint density at radius 3 is 2.37 bits per heavy atom. The molecule has 11 nitrogen and oxygen atoms in total. The van der Waals surface area contributed by atoms with E-state index in [0.29, 0.717) is 10.7 Å². The van der Waals surface area contributed by atoms with Gasteiger partial charge < -0.3 is 4.98 Å². The zero-order valence-electron chi connectivity index (χ0n) is 15.6. The van der Waals surface area contributed by atoms with E-state index in [0.717, 1.165) is 6.20 Å². The lowest BCUT2D eigenvalue weighted by Crippen LogP contribution is -2.57. The lowest BCUT2D eigenvalue weighted by molar-refractivity contribution is 0.0949. The number of anilines is 2. The molecule has 12 heteroatoms. The zero-order chi connectivity index (χ0) is 21.9. The van der Waals surface area contributed by atoms with Crippen molar-refractivity contribution in [1.29, 1.82) is 0 Å². The molecule has 3 rings (SSSR count). The van der Waals surface area contributed by atoms with Crippen LogP contribution >= 0.6 is 0 Å². The Hall–Kier alpha value is -3.90. The van der Waals surface area contributed by atoms with Crippen molar-refractivity contribution in [2.24, 2.45) is 0 Å². The molecule has 0 aliphatic rings. The topological polar surface area (TPSA) is 156 Å². The number of benzene rings is 2. The molecule has 156 valence electrons. The Morgan fingerprint density at radius 1 is 1.07 bits per heavy atom. The summed E-state index contributed by atoms with van der Waals surface area (Å²) in [7, 11) is -5.14. The van der Waals surface area contributed by atoms with E-state index in [4.69, 9.17) is 0 Å². The molecular formula is C18H17N5O6S. The maximum atomic E-state index is 12.7. The number of aromatic amines is 2. The summed E-state index contributed by atoms with van der Waals surface area (Å²) in [6.07, 6.45) is 0.798. The first kappa shape index (κ1) is 20.8. The second-order valence-electron chi connectivity index (χ2n) is 6.14. The molecular weight excluding hydrogens is 414 g/mol. The maximum absolute atomic E-state index is 12.7. The van der Waals surface area contributed by atoms with Crippen LogP contribution in [0.2, 0.25) is 0 Å². The fraction of sp³-hybridized carbons (Fsp3) is 0.0556. The summed E-state index contributed by atoms with van der Waals surface area (Å²) in [6, 6.07) is 14.2. The third kappa shape index (κ3) is 4.56. The normalized spacial score (nSPS) is 11.0. The molecule has 1 aromatic heterocycles. The van der Waals surface area contributed by atoms with Crippen LogP contribution in [0.3, 0.4) is 0 Å². The quantitative estimate of drug-likeness (QED) is 0.331. The Labute approximate surface area is 170 Å². The minimum absolute atomic E-state index is 0.113. The van der Waals surface area contributed by atoms with Crippen LogP contribution in [0.25, 0.3) is 0 Å². The minimum atomic E-state index is -5.14. The molecule has 0 saturated heterocycles. The molecule has 3 aromatic rings. The van der Waals surface area contributed by atoms with Crippen LogP contribution in [0, 0.1) is 6.92 Å². The number of carbonyl (C=O) groups is 1. The van der Waals surface area contributed by atoms with Gasteiger partial charge in [0.15, 0.2) is 5.69 Å². The SMILES string of the molecule is Cc1cccc(N(NC(=O)c2ccccc2)N(c2c[nH]c(=O)[nH]c2=O)S(=O)(=O)O)c1. The molecule has 2 aromatic carbocycles. The van der Waals surface area contributed by atoms with Crippen molar-refractivity contribution in [2.45, 2.75) is 6.92 Å². The van der Waals surface area contributed by atoms with Gasteiger partial charge in [-0.25, -0.2) is 10.2 Å². The molecule has 4 N–H and O–H groups in total. The van der Waals surface area contributed by atoms with E-state index < -0.39 is 33.1 Å². The van der Waals surface area contributed by atoms with Gasteiger partial charge in [0, 0.05) is 11.8 Å². The number of hydrogen-bond donors (Lipinski definition) is 4. The van der Waals surface area contributed by atoms with E-state index in [1.807, 2.05) is 4.98 Å². The number of H-pyrrole nitrogens is 2. The number of aryl methyl sites for hydroxylation is 1. The zero-order valence-corrected chi connectivity index (χ0v) is 16.4. The van der Waals surface area contributed by atoms with E-state index in [9.17, 15) is 27.4 Å². The van der Waals surface area contributed by atoms with Crippen molar-refractivity contribution < 1.29 is 17.8 Å². The molecule has 0 saturated carbocycles. The van der Waals surface area contributed by atoms with Crippen molar-refractivity contribution in [2.75, 3.05) is 9.53 Å². The van der Waals surface area contributed by atoms with Gasteiger partial charge in [-0.2, -0.15) is 13.5 Å². The van der Waals surface area contributed by atoms with Gasteiger partial charge in [-0.15, -0.1) is 4.41 Å². The molecule has 0 fully saturated rings. The number of nitrogens with one attached hydrogen (secondary N) is 3. The average Bonchev–Trinajstić information content (AvgIpc) is 2.68. The third-order valence-electron chi connectivity index (χ3n) is 3.90. The van der Waals surface area contributed by atoms with Crippen LogP contribution < -0.4 is 26.2 Å². The molecule has 1 amide bonds. The first-order chi connectivity index (χ1) is 14.2. The number of hydrogen-bond acceptors (Lipinski definition) is 6. The Balaban J connectivity index is 2.18. The smallest absolute Gasteiger partial charge is 0.312 e. The van der Waals surface area contributed by atoms with Gasteiger partial charge in [-0.3, -0.25) is 19.1 Å². The lowest BCUT2D eigenvalue weighted by Gasteiger charge is -2.34. The van der Waals surface area contributed by atoms with Gasteiger partial charge in [0.1, 0.15) is 0 Å². The Morgan fingerprint density at radius 2 is 1.77 bits per heavy atom. The van der Waals surface area contributed by atoms with Crippen LogP contribution in [0.1, 0.15) is 15.9 Å². The molecule has 0 aliphatic carbocycles. The van der Waals surface area contributed by atoms with Crippen molar-refractivity contribution >= 4 is 27.6 Å². The monoisotopic (exact) mass is 431 g/mol. The summed E-state index contributed by atoms with van der Waals surface area (Å²) in [5.74, 6) is -0.716. The van der Waals surface area contributed by atoms with Crippen molar-refractivity contribution in [3.05, 3.63) is 92.8 Å². The van der Waals surface area contributed by atoms with E-state index in [1.165, 1.54) is 24.3 Å². The van der Waals surface area contributed by atoms with E-state index >= 15 is 0 Å². The summed E-state index contributed by atoms with van der Waals surface area (Å²) in [5, 5.41) is 0.695. The van der Waals surface area contributed by atoms with Crippen molar-refractivity contribution in [3.8, 4) is 0 Å². The van der Waals surface area contributed by atoms with Gasteiger partial charge in [-0.1, -0.05) is 30.3 Å². The molecule has 0 unspecified atom stereocenters. The third-order valence-corrected chi connectivity index (χ3v) is 4.69. The second kappa shape index (κ2) is 8.23. The summed E-state index contributed by atoms with van der Waals surface area (Å²) >= 11 is 0. The van der Waals surface area contributed by atoms with Crippen molar-refractivity contribution in [1.82, 2.24) is 15.4 Å². The predicted molar refractivity (Wildman–Crippen MR) is 109 cm³/mol. The number of rotatable bonds is 6. The Kier molecular flexibility index (Phi) is 5.71. The number of aromatic nitrogens is 2. The number of hydrazine groups is 2. The number of carbonyl (C=O) groups excluding carboxylic acids is 1. The van der Waals surface area contributed by atoms with Crippen LogP contribution in [0.4, 0.5) is 11.4 Å². The summed E-state index contributed by atoms with van der Waals surface area (Å²) < 4.78 is 34.5. The van der Waals surface area contributed by atoms with Gasteiger partial charge >= 0.3 is 16.0 Å². The van der Waals surface area contributed by atoms with Crippen LogP contribution in [-0.4, -0.2) is 28.8 Å². The number of nitrogens with zero attached hydrogens (tertiary/aromatic N) is 2. The highest BCUT2D eigenvalue weighted by molar-refractivity contribution is 7.87. The Bertz CT molecular complexity index is 1290. The van der Waals surface area contributed by atoms with Crippen LogP contribution in [0.15, 0.2) is 70.4 Å². The lowest BCUT2D eigenvalue weighted by atomic mass is 10.2. The first-order valence-corrected chi connectivity index (χ1v) is 9.89. The minimum Gasteiger partial charge on any atom is -0.312 e. The summed E-state index contributed by atoms with van der Waals surface area (Å²) in [5.41, 5.74) is 0.726. The molecule has 0 bridgehead atoms. The van der Waals surface area contributed by atoms with E-state index in [1.54, 1.807) is 37.3 Å². The maximum Gasteiger partial charge on any atom is 0.379 e. The first-order valence-electron chi connectivity index (χ1n) is 8.49. The fourth-order valence-corrected chi connectivity index (χ4v) is 3.33. The van der Waals surface area contributed by atoms with E-state index in [-0.39, 0.29) is 15.7 Å². The summed E-state index contributed by atoms with van der Waals surface area (Å²) in [6.45, 7) is 1.73. The highest BCUT2D eigenvalue weighted by Crippen LogP contribution is 2.22. The van der Waals surface area contributed by atoms with Crippen LogP contribution in [-0.2, 0) is 10.3 Å². The highest BCUT2D eigenvalue weighted by Gasteiger charge is 2.32. The van der Waals surface area contributed by atoms with E-state index in [2.05, 4.69) is 10.4 Å². The standard InChI is InChI=1S/C18H17N5O6S/c1-12-6-5-9-14(10-12)22(21-16(24)13-7-3-2-4-8-13)23(30(27,28)29)15-11-19-18(26)20-17(15)25/h2-11H,1H3,(H,21,24)(H,27,28,29)(H2,19,20,25,26). The van der Waals surface area contributed by atoms with Gasteiger partial charge in [0.25, 0.3) is 11.5 Å². The molecule has 0 radical (unpaired) electrons.